The highest BCUT2D eigenvalue weighted by molar-refractivity contribution is 7.72. The maximum atomic E-state index is 12.1. The summed E-state index contributed by atoms with van der Waals surface area (Å²) in [6.07, 6.45) is 3.46. The molecule has 0 bridgehead atoms. The molecule has 184 valence electrons. The fourth-order valence-corrected chi connectivity index (χ4v) is 6.81. The summed E-state index contributed by atoms with van der Waals surface area (Å²) in [5.74, 6) is 0. The molecular weight excluding hydrogens is 470 g/mol. The SMILES string of the molecule is CC(C)(C)c1ccc(-c2ccccc2C2=CCC(P(=O)(O)O)(P(=O)(O)O)C=C2)c(C(C)(C)C)c1. The summed E-state index contributed by atoms with van der Waals surface area (Å²) in [4.78, 5) is 36.6. The van der Waals surface area contributed by atoms with Crippen molar-refractivity contribution in [2.75, 3.05) is 0 Å². The van der Waals surface area contributed by atoms with Crippen LogP contribution in [0.25, 0.3) is 16.7 Å². The van der Waals surface area contributed by atoms with Crippen molar-refractivity contribution in [1.29, 1.82) is 0 Å². The largest absolute Gasteiger partial charge is 0.347 e. The normalized spacial score (nSPS) is 16.9. The summed E-state index contributed by atoms with van der Waals surface area (Å²) in [5.41, 5.74) is 5.73. The maximum absolute atomic E-state index is 12.1. The fraction of sp³-hybridized carbons (Fsp3) is 0.385. The quantitative estimate of drug-likeness (QED) is 0.361. The Kier molecular flexibility index (Phi) is 6.87. The molecular formula is C26H34O6P2. The topological polar surface area (TPSA) is 115 Å². The molecule has 0 saturated carbocycles. The molecule has 4 N–H and O–H groups in total. The van der Waals surface area contributed by atoms with Crippen LogP contribution >= 0.6 is 15.2 Å². The Labute approximate surface area is 201 Å². The molecule has 0 spiro atoms. The van der Waals surface area contributed by atoms with E-state index in [2.05, 4.69) is 59.7 Å². The van der Waals surface area contributed by atoms with Crippen molar-refractivity contribution in [1.82, 2.24) is 0 Å². The molecule has 1 aliphatic carbocycles. The first-order chi connectivity index (χ1) is 15.4. The summed E-state index contributed by atoms with van der Waals surface area (Å²) < 4.78 is 24.2. The van der Waals surface area contributed by atoms with Gasteiger partial charge in [0, 0.05) is 0 Å². The molecule has 0 aromatic heterocycles. The Morgan fingerprint density at radius 1 is 0.765 bits per heavy atom. The Bertz CT molecular complexity index is 1230. The molecule has 0 radical (unpaired) electrons. The number of rotatable bonds is 4. The summed E-state index contributed by atoms with van der Waals surface area (Å²) >= 11 is 0. The van der Waals surface area contributed by atoms with Gasteiger partial charge in [-0.2, -0.15) is 0 Å². The molecule has 0 saturated heterocycles. The minimum atomic E-state index is -5.13. The standard InChI is InChI=1S/C26H34O6P2/c1-24(2,3)19-11-12-22(23(17-19)25(4,5)6)21-10-8-7-9-20(21)18-13-15-26(16-14-18,33(27,28)29)34(30,31)32/h7-15,17H,16H2,1-6H3,(H2,27,28,29)(H2,30,31,32). The van der Waals surface area contributed by atoms with Gasteiger partial charge in [0.05, 0.1) is 0 Å². The van der Waals surface area contributed by atoms with Gasteiger partial charge in [-0.3, -0.25) is 9.13 Å². The highest BCUT2D eigenvalue weighted by Crippen LogP contribution is 2.72. The van der Waals surface area contributed by atoms with Crippen LogP contribution in [0.3, 0.4) is 0 Å². The van der Waals surface area contributed by atoms with E-state index in [1.807, 2.05) is 24.3 Å². The van der Waals surface area contributed by atoms with Gasteiger partial charge in [0.1, 0.15) is 0 Å². The Morgan fingerprint density at radius 3 is 1.76 bits per heavy atom. The predicted molar refractivity (Wildman–Crippen MR) is 138 cm³/mol. The van der Waals surface area contributed by atoms with Crippen molar-refractivity contribution in [2.45, 2.75) is 63.7 Å². The van der Waals surface area contributed by atoms with Crippen LogP contribution in [-0.2, 0) is 20.0 Å². The lowest BCUT2D eigenvalue weighted by atomic mass is 9.76. The molecule has 0 amide bonds. The van der Waals surface area contributed by atoms with Crippen LogP contribution in [0.5, 0.6) is 0 Å². The van der Waals surface area contributed by atoms with Crippen molar-refractivity contribution < 1.29 is 28.7 Å². The van der Waals surface area contributed by atoms with Crippen LogP contribution in [0.15, 0.2) is 60.7 Å². The lowest BCUT2D eigenvalue weighted by molar-refractivity contribution is 0.321. The molecule has 0 heterocycles. The van der Waals surface area contributed by atoms with Gasteiger partial charge in [0.2, 0.25) is 0 Å². The second-order valence-corrected chi connectivity index (χ2v) is 15.1. The first-order valence-corrected chi connectivity index (χ1v) is 14.4. The lowest BCUT2D eigenvalue weighted by Gasteiger charge is -2.33. The summed E-state index contributed by atoms with van der Waals surface area (Å²) in [6, 6.07) is 14.2. The third kappa shape index (κ3) is 4.95. The van der Waals surface area contributed by atoms with Crippen LogP contribution < -0.4 is 0 Å². The van der Waals surface area contributed by atoms with Gasteiger partial charge in [-0.1, -0.05) is 102 Å². The highest BCUT2D eigenvalue weighted by atomic mass is 31.2. The van der Waals surface area contributed by atoms with Crippen LogP contribution in [0.2, 0.25) is 0 Å². The van der Waals surface area contributed by atoms with Gasteiger partial charge in [-0.25, -0.2) is 0 Å². The van der Waals surface area contributed by atoms with Crippen molar-refractivity contribution in [3.8, 4) is 11.1 Å². The summed E-state index contributed by atoms with van der Waals surface area (Å²) in [6.45, 7) is 13.0. The second-order valence-electron chi connectivity index (χ2n) is 11.0. The van der Waals surface area contributed by atoms with Crippen molar-refractivity contribution in [3.05, 3.63) is 77.4 Å². The molecule has 2 aromatic carbocycles. The van der Waals surface area contributed by atoms with E-state index < -0.39 is 26.5 Å². The molecule has 0 atom stereocenters. The minimum Gasteiger partial charge on any atom is -0.323 e. The lowest BCUT2D eigenvalue weighted by Crippen LogP contribution is -2.27. The molecule has 0 aliphatic heterocycles. The molecule has 6 nitrogen and oxygen atoms in total. The van der Waals surface area contributed by atoms with Gasteiger partial charge in [-0.05, 0) is 50.6 Å². The average Bonchev–Trinajstić information content (AvgIpc) is 2.70. The van der Waals surface area contributed by atoms with Gasteiger partial charge >= 0.3 is 15.2 Å². The smallest absolute Gasteiger partial charge is 0.323 e. The zero-order valence-electron chi connectivity index (χ0n) is 20.5. The van der Waals surface area contributed by atoms with Crippen LogP contribution in [0, 0.1) is 0 Å². The van der Waals surface area contributed by atoms with Gasteiger partial charge in [-0.15, -0.1) is 0 Å². The van der Waals surface area contributed by atoms with E-state index in [0.717, 1.165) is 22.8 Å². The third-order valence-electron chi connectivity index (χ3n) is 6.38. The van der Waals surface area contributed by atoms with E-state index in [0.29, 0.717) is 5.57 Å². The average molecular weight is 505 g/mol. The van der Waals surface area contributed by atoms with E-state index in [9.17, 15) is 28.7 Å². The molecule has 0 fully saturated rings. The number of benzene rings is 2. The van der Waals surface area contributed by atoms with Gasteiger partial charge in [0.25, 0.3) is 0 Å². The third-order valence-corrected chi connectivity index (χ3v) is 10.6. The molecule has 2 aromatic rings. The van der Waals surface area contributed by atoms with E-state index >= 15 is 0 Å². The molecule has 8 heteroatoms. The van der Waals surface area contributed by atoms with Crippen molar-refractivity contribution >= 4 is 20.8 Å². The highest BCUT2D eigenvalue weighted by Gasteiger charge is 2.58. The maximum Gasteiger partial charge on any atom is 0.347 e. The minimum absolute atomic E-state index is 0.0128. The van der Waals surface area contributed by atoms with Gasteiger partial charge < -0.3 is 19.6 Å². The molecule has 3 rings (SSSR count). The van der Waals surface area contributed by atoms with E-state index in [-0.39, 0.29) is 10.8 Å². The van der Waals surface area contributed by atoms with Crippen LogP contribution in [0.4, 0.5) is 0 Å². The monoisotopic (exact) mass is 504 g/mol. The molecule has 0 unspecified atom stereocenters. The second kappa shape index (κ2) is 8.71. The zero-order chi connectivity index (χ0) is 25.7. The fourth-order valence-electron chi connectivity index (χ4n) is 4.26. The first kappa shape index (κ1) is 26.8. The van der Waals surface area contributed by atoms with Crippen molar-refractivity contribution in [3.63, 3.8) is 0 Å². The van der Waals surface area contributed by atoms with E-state index in [1.54, 1.807) is 0 Å². The number of allylic oxidation sites excluding steroid dienone is 4. The summed E-state index contributed by atoms with van der Waals surface area (Å²) in [7, 11) is -10.3. The number of hydrogen-bond acceptors (Lipinski definition) is 2. The number of hydrogen-bond donors (Lipinski definition) is 4. The Balaban J connectivity index is 2.18. The van der Waals surface area contributed by atoms with Gasteiger partial charge in [0.15, 0.2) is 4.90 Å². The van der Waals surface area contributed by atoms with Crippen LogP contribution in [-0.4, -0.2) is 24.5 Å². The zero-order valence-corrected chi connectivity index (χ0v) is 22.3. The van der Waals surface area contributed by atoms with Crippen LogP contribution in [0.1, 0.15) is 64.7 Å². The predicted octanol–water partition coefficient (Wildman–Crippen LogP) is 6.34. The molecule has 34 heavy (non-hydrogen) atoms. The van der Waals surface area contributed by atoms with E-state index in [4.69, 9.17) is 0 Å². The first-order valence-electron chi connectivity index (χ1n) is 11.1. The Morgan fingerprint density at radius 2 is 1.32 bits per heavy atom. The van der Waals surface area contributed by atoms with E-state index in [1.165, 1.54) is 23.3 Å². The molecule has 1 aliphatic rings. The van der Waals surface area contributed by atoms with Crippen molar-refractivity contribution in [2.24, 2.45) is 0 Å². The summed E-state index contributed by atoms with van der Waals surface area (Å²) in [5, 5.41) is 0. The Hall–Kier alpha value is -1.78.